The minimum atomic E-state index is -0.0862. The Hall–Kier alpha value is -0.0800. The van der Waals surface area contributed by atoms with Crippen LogP contribution in [0.4, 0.5) is 0 Å². The zero-order chi connectivity index (χ0) is 17.2. The molecule has 0 heterocycles. The quantitative estimate of drug-likeness (QED) is 0.371. The summed E-state index contributed by atoms with van der Waals surface area (Å²) < 4.78 is 0. The SMILES string of the molecule is CCCC1(CCCCC(O)CCCCC(C)(C)CCCO)CC1. The number of unbranched alkanes of at least 4 members (excludes halogenated alkanes) is 2. The molecule has 0 spiro atoms. The first-order chi connectivity index (χ1) is 10.9. The third-order valence-electron chi connectivity index (χ3n) is 5.88. The second kappa shape index (κ2) is 10.7. The van der Waals surface area contributed by atoms with Crippen LogP contribution in [0, 0.1) is 10.8 Å². The molecule has 0 amide bonds. The Balaban J connectivity index is 1.97. The zero-order valence-corrected chi connectivity index (χ0v) is 16.1. The molecule has 0 aromatic rings. The summed E-state index contributed by atoms with van der Waals surface area (Å²) in [5.41, 5.74) is 1.06. The van der Waals surface area contributed by atoms with Gasteiger partial charge in [-0.3, -0.25) is 0 Å². The van der Waals surface area contributed by atoms with Gasteiger partial charge in [-0.05, 0) is 68.6 Å². The van der Waals surface area contributed by atoms with Crippen LogP contribution in [0.25, 0.3) is 0 Å². The normalized spacial score (nSPS) is 18.1. The summed E-state index contributed by atoms with van der Waals surface area (Å²) in [6, 6.07) is 0. The Bertz CT molecular complexity index is 294. The second-order valence-electron chi connectivity index (χ2n) is 8.89. The maximum absolute atomic E-state index is 10.1. The largest absolute Gasteiger partial charge is 0.396 e. The number of aliphatic hydroxyl groups is 2. The average Bonchev–Trinajstić information content (AvgIpc) is 3.26. The van der Waals surface area contributed by atoms with E-state index in [9.17, 15) is 5.11 Å². The highest BCUT2D eigenvalue weighted by Crippen LogP contribution is 2.53. The summed E-state index contributed by atoms with van der Waals surface area (Å²) in [7, 11) is 0. The van der Waals surface area contributed by atoms with Crippen LogP contribution in [0.2, 0.25) is 0 Å². The molecule has 1 unspecified atom stereocenters. The highest BCUT2D eigenvalue weighted by atomic mass is 16.3. The molecule has 1 fully saturated rings. The lowest BCUT2D eigenvalue weighted by Crippen LogP contribution is -2.13. The first-order valence-electron chi connectivity index (χ1n) is 10.2. The molecule has 0 radical (unpaired) electrons. The van der Waals surface area contributed by atoms with Crippen molar-refractivity contribution in [3.05, 3.63) is 0 Å². The van der Waals surface area contributed by atoms with Crippen molar-refractivity contribution in [3.63, 3.8) is 0 Å². The van der Waals surface area contributed by atoms with Crippen molar-refractivity contribution >= 4 is 0 Å². The average molecular weight is 327 g/mol. The van der Waals surface area contributed by atoms with Gasteiger partial charge in [0.05, 0.1) is 6.10 Å². The van der Waals surface area contributed by atoms with E-state index in [1.807, 2.05) is 0 Å². The van der Waals surface area contributed by atoms with E-state index in [4.69, 9.17) is 5.11 Å². The first kappa shape index (κ1) is 21.0. The van der Waals surface area contributed by atoms with Gasteiger partial charge in [0.25, 0.3) is 0 Å². The van der Waals surface area contributed by atoms with Gasteiger partial charge < -0.3 is 10.2 Å². The second-order valence-corrected chi connectivity index (χ2v) is 8.89. The third-order valence-corrected chi connectivity index (χ3v) is 5.88. The van der Waals surface area contributed by atoms with E-state index in [2.05, 4.69) is 20.8 Å². The molecule has 0 aromatic heterocycles. The van der Waals surface area contributed by atoms with Gasteiger partial charge in [-0.1, -0.05) is 52.9 Å². The number of hydrogen-bond acceptors (Lipinski definition) is 2. The van der Waals surface area contributed by atoms with Crippen LogP contribution in [-0.2, 0) is 0 Å². The highest BCUT2D eigenvalue weighted by Gasteiger charge is 2.40. The van der Waals surface area contributed by atoms with Gasteiger partial charge in [0.15, 0.2) is 0 Å². The van der Waals surface area contributed by atoms with E-state index in [-0.39, 0.29) is 6.10 Å². The first-order valence-corrected chi connectivity index (χ1v) is 10.2. The van der Waals surface area contributed by atoms with Gasteiger partial charge in [0, 0.05) is 6.61 Å². The number of hydrogen-bond donors (Lipinski definition) is 2. The molecular formula is C21H42O2. The van der Waals surface area contributed by atoms with Crippen LogP contribution in [0.1, 0.15) is 111 Å². The minimum Gasteiger partial charge on any atom is -0.396 e. The summed E-state index contributed by atoms with van der Waals surface area (Å²) in [6.45, 7) is 7.20. The summed E-state index contributed by atoms with van der Waals surface area (Å²) in [6.07, 6.45) is 17.0. The van der Waals surface area contributed by atoms with Gasteiger partial charge >= 0.3 is 0 Å². The van der Waals surface area contributed by atoms with Crippen LogP contribution in [0.5, 0.6) is 0 Å². The van der Waals surface area contributed by atoms with Crippen molar-refractivity contribution in [3.8, 4) is 0 Å². The van der Waals surface area contributed by atoms with E-state index < -0.39 is 0 Å². The fraction of sp³-hybridized carbons (Fsp3) is 1.00. The molecular weight excluding hydrogens is 284 g/mol. The lowest BCUT2D eigenvalue weighted by Gasteiger charge is -2.24. The van der Waals surface area contributed by atoms with Crippen LogP contribution in [0.3, 0.4) is 0 Å². The monoisotopic (exact) mass is 326 g/mol. The molecule has 2 N–H and O–H groups in total. The topological polar surface area (TPSA) is 40.5 Å². The molecule has 1 aliphatic carbocycles. The fourth-order valence-electron chi connectivity index (χ4n) is 4.02. The molecule has 0 aromatic carbocycles. The number of rotatable bonds is 15. The maximum atomic E-state index is 10.1. The van der Waals surface area contributed by atoms with Gasteiger partial charge in [-0.25, -0.2) is 0 Å². The fourth-order valence-corrected chi connectivity index (χ4v) is 4.02. The van der Waals surface area contributed by atoms with Crippen LogP contribution in [0.15, 0.2) is 0 Å². The van der Waals surface area contributed by atoms with E-state index in [0.717, 1.165) is 37.5 Å². The van der Waals surface area contributed by atoms with E-state index in [1.165, 1.54) is 57.8 Å². The lowest BCUT2D eigenvalue weighted by molar-refractivity contribution is 0.143. The van der Waals surface area contributed by atoms with Crippen molar-refractivity contribution in [2.45, 2.75) is 117 Å². The standard InChI is InChI=1S/C21H42O2/c1-4-12-21(16-17-21)15-8-6-11-19(23)10-5-7-13-20(2,3)14-9-18-22/h19,22-23H,4-18H2,1-3H3. The van der Waals surface area contributed by atoms with Crippen molar-refractivity contribution in [1.82, 2.24) is 0 Å². The molecule has 1 atom stereocenters. The Kier molecular flexibility index (Phi) is 9.77. The third kappa shape index (κ3) is 9.72. The van der Waals surface area contributed by atoms with E-state index in [0.29, 0.717) is 12.0 Å². The van der Waals surface area contributed by atoms with E-state index >= 15 is 0 Å². The van der Waals surface area contributed by atoms with Crippen molar-refractivity contribution in [1.29, 1.82) is 0 Å². The number of aliphatic hydroxyl groups excluding tert-OH is 2. The smallest absolute Gasteiger partial charge is 0.0540 e. The highest BCUT2D eigenvalue weighted by molar-refractivity contribution is 4.92. The molecule has 0 bridgehead atoms. The lowest BCUT2D eigenvalue weighted by atomic mass is 9.82. The van der Waals surface area contributed by atoms with Crippen molar-refractivity contribution < 1.29 is 10.2 Å². The van der Waals surface area contributed by atoms with Crippen molar-refractivity contribution in [2.24, 2.45) is 10.8 Å². The van der Waals surface area contributed by atoms with Crippen LogP contribution >= 0.6 is 0 Å². The van der Waals surface area contributed by atoms with Crippen LogP contribution in [-0.4, -0.2) is 22.9 Å². The molecule has 1 saturated carbocycles. The Labute approximate surface area is 145 Å². The molecule has 0 saturated heterocycles. The zero-order valence-electron chi connectivity index (χ0n) is 16.1. The molecule has 0 aliphatic heterocycles. The Morgan fingerprint density at radius 1 is 0.913 bits per heavy atom. The van der Waals surface area contributed by atoms with Gasteiger partial charge in [-0.2, -0.15) is 0 Å². The molecule has 1 rings (SSSR count). The van der Waals surface area contributed by atoms with Gasteiger partial charge in [0.2, 0.25) is 0 Å². The molecule has 138 valence electrons. The maximum Gasteiger partial charge on any atom is 0.0540 e. The summed E-state index contributed by atoms with van der Waals surface area (Å²) in [5.74, 6) is 0. The minimum absolute atomic E-state index is 0.0862. The van der Waals surface area contributed by atoms with E-state index in [1.54, 1.807) is 0 Å². The Morgan fingerprint density at radius 3 is 2.09 bits per heavy atom. The summed E-state index contributed by atoms with van der Waals surface area (Å²) in [5, 5.41) is 19.1. The van der Waals surface area contributed by atoms with Gasteiger partial charge in [0.1, 0.15) is 0 Å². The van der Waals surface area contributed by atoms with Crippen LogP contribution < -0.4 is 0 Å². The molecule has 2 nitrogen and oxygen atoms in total. The molecule has 1 aliphatic rings. The summed E-state index contributed by atoms with van der Waals surface area (Å²) >= 11 is 0. The predicted molar refractivity (Wildman–Crippen MR) is 99.6 cm³/mol. The van der Waals surface area contributed by atoms with Gasteiger partial charge in [-0.15, -0.1) is 0 Å². The Morgan fingerprint density at radius 2 is 1.52 bits per heavy atom. The van der Waals surface area contributed by atoms with Crippen molar-refractivity contribution in [2.75, 3.05) is 6.61 Å². The molecule has 2 heteroatoms. The predicted octanol–water partition coefficient (Wildman–Crippen LogP) is 5.85. The summed E-state index contributed by atoms with van der Waals surface area (Å²) in [4.78, 5) is 0. The molecule has 23 heavy (non-hydrogen) atoms.